The van der Waals surface area contributed by atoms with Crippen LogP contribution in [0, 0.1) is 12.8 Å². The van der Waals surface area contributed by atoms with Crippen LogP contribution in [0.5, 0.6) is 0 Å². The number of furan rings is 1. The second-order valence-electron chi connectivity index (χ2n) is 5.87. The van der Waals surface area contributed by atoms with Gasteiger partial charge >= 0.3 is 5.97 Å². The molecule has 0 radical (unpaired) electrons. The third-order valence-corrected chi connectivity index (χ3v) is 5.61. The van der Waals surface area contributed by atoms with Crippen molar-refractivity contribution >= 4 is 16.0 Å². The van der Waals surface area contributed by atoms with Gasteiger partial charge < -0.3 is 9.52 Å². The zero-order valence-electron chi connectivity index (χ0n) is 12.5. The van der Waals surface area contributed by atoms with Crippen LogP contribution in [0.2, 0.25) is 0 Å². The van der Waals surface area contributed by atoms with E-state index in [1.54, 1.807) is 0 Å². The Labute approximate surface area is 124 Å². The summed E-state index contributed by atoms with van der Waals surface area (Å²) in [6.07, 6.45) is 2.50. The van der Waals surface area contributed by atoms with Gasteiger partial charge in [0.2, 0.25) is 15.8 Å². The minimum Gasteiger partial charge on any atom is -0.475 e. The maximum Gasteiger partial charge on any atom is 0.371 e. The van der Waals surface area contributed by atoms with E-state index in [0.29, 0.717) is 12.5 Å². The molecule has 1 fully saturated rings. The standard InChI is InChI=1S/C14H21NO5S/c1-9(2)6-7-15(11-4-5-11)21(18,19)13-8-12(14(16)17)20-10(13)3/h8-9,11H,4-7H2,1-3H3,(H,16,17). The average Bonchev–Trinajstić information content (AvgIpc) is 3.10. The third-order valence-electron chi connectivity index (χ3n) is 3.55. The van der Waals surface area contributed by atoms with Gasteiger partial charge in [-0.25, -0.2) is 13.2 Å². The number of nitrogens with zero attached hydrogens (tertiary/aromatic N) is 1. The Bertz CT molecular complexity index is 628. The van der Waals surface area contributed by atoms with Crippen LogP contribution < -0.4 is 0 Å². The van der Waals surface area contributed by atoms with Crippen LogP contribution in [0.4, 0.5) is 0 Å². The number of carboxylic acid groups (broad SMARTS) is 1. The van der Waals surface area contributed by atoms with Crippen molar-refractivity contribution in [3.05, 3.63) is 17.6 Å². The summed E-state index contributed by atoms with van der Waals surface area (Å²) in [5.74, 6) is -1.07. The van der Waals surface area contributed by atoms with Gasteiger partial charge in [0.15, 0.2) is 0 Å². The second kappa shape index (κ2) is 5.81. The molecule has 1 heterocycles. The van der Waals surface area contributed by atoms with Gasteiger partial charge in [0.25, 0.3) is 0 Å². The lowest BCUT2D eigenvalue weighted by Gasteiger charge is -2.22. The highest BCUT2D eigenvalue weighted by Gasteiger charge is 2.39. The Morgan fingerprint density at radius 1 is 1.48 bits per heavy atom. The van der Waals surface area contributed by atoms with Crippen LogP contribution in [0.15, 0.2) is 15.4 Å². The first-order valence-corrected chi connectivity index (χ1v) is 8.53. The number of hydrogen-bond donors (Lipinski definition) is 1. The molecule has 0 saturated heterocycles. The number of sulfonamides is 1. The van der Waals surface area contributed by atoms with Gasteiger partial charge in [-0.3, -0.25) is 0 Å². The Kier molecular flexibility index (Phi) is 4.43. The van der Waals surface area contributed by atoms with E-state index in [0.717, 1.165) is 25.3 Å². The van der Waals surface area contributed by atoms with Crippen LogP contribution in [-0.2, 0) is 10.0 Å². The maximum atomic E-state index is 12.8. The first-order chi connectivity index (χ1) is 9.73. The molecule has 118 valence electrons. The topological polar surface area (TPSA) is 87.8 Å². The van der Waals surface area contributed by atoms with Gasteiger partial charge in [0, 0.05) is 18.7 Å². The lowest BCUT2D eigenvalue weighted by molar-refractivity contribution is 0.0661. The molecule has 1 N–H and O–H groups in total. The Morgan fingerprint density at radius 2 is 2.10 bits per heavy atom. The van der Waals surface area contributed by atoms with Crippen molar-refractivity contribution in [2.75, 3.05) is 6.54 Å². The van der Waals surface area contributed by atoms with E-state index in [1.807, 2.05) is 13.8 Å². The molecule has 1 saturated carbocycles. The normalized spacial score (nSPS) is 15.9. The van der Waals surface area contributed by atoms with Crippen LogP contribution in [-0.4, -0.2) is 36.4 Å². The number of carbonyl (C=O) groups is 1. The molecule has 0 aromatic carbocycles. The zero-order chi connectivity index (χ0) is 15.8. The van der Waals surface area contributed by atoms with E-state index >= 15 is 0 Å². The Balaban J connectivity index is 2.32. The largest absolute Gasteiger partial charge is 0.475 e. The minimum atomic E-state index is -3.70. The van der Waals surface area contributed by atoms with E-state index < -0.39 is 16.0 Å². The predicted octanol–water partition coefficient (Wildman–Crippen LogP) is 2.49. The molecule has 1 aliphatic rings. The zero-order valence-corrected chi connectivity index (χ0v) is 13.3. The molecule has 0 bridgehead atoms. The summed E-state index contributed by atoms with van der Waals surface area (Å²) in [7, 11) is -3.70. The Hall–Kier alpha value is -1.34. The fraction of sp³-hybridized carbons (Fsp3) is 0.643. The highest BCUT2D eigenvalue weighted by Crippen LogP contribution is 2.34. The smallest absolute Gasteiger partial charge is 0.371 e. The second-order valence-corrected chi connectivity index (χ2v) is 7.72. The number of carboxylic acids is 1. The molecule has 0 amide bonds. The molecule has 1 aromatic rings. The molecule has 1 aliphatic carbocycles. The summed E-state index contributed by atoms with van der Waals surface area (Å²) < 4.78 is 32.0. The van der Waals surface area contributed by atoms with E-state index in [4.69, 9.17) is 9.52 Å². The summed E-state index contributed by atoms with van der Waals surface area (Å²) in [6.45, 7) is 6.02. The Morgan fingerprint density at radius 3 is 2.52 bits per heavy atom. The highest BCUT2D eigenvalue weighted by molar-refractivity contribution is 7.89. The minimum absolute atomic E-state index is 0.0319. The quantitative estimate of drug-likeness (QED) is 0.835. The van der Waals surface area contributed by atoms with Crippen LogP contribution in [0.1, 0.15) is 49.4 Å². The summed E-state index contributed by atoms with van der Waals surface area (Å²) in [4.78, 5) is 10.9. The molecule has 21 heavy (non-hydrogen) atoms. The van der Waals surface area contributed by atoms with Crippen LogP contribution in [0.3, 0.4) is 0 Å². The number of rotatable bonds is 7. The molecule has 0 unspecified atom stereocenters. The molecule has 7 heteroatoms. The lowest BCUT2D eigenvalue weighted by atomic mass is 10.1. The lowest BCUT2D eigenvalue weighted by Crippen LogP contribution is -2.34. The molecule has 2 rings (SSSR count). The SMILES string of the molecule is Cc1oc(C(=O)O)cc1S(=O)(=O)N(CCC(C)C)C1CC1. The molecule has 6 nitrogen and oxygen atoms in total. The van der Waals surface area contributed by atoms with E-state index in [9.17, 15) is 13.2 Å². The molecule has 1 aromatic heterocycles. The van der Waals surface area contributed by atoms with Crippen molar-refractivity contribution in [2.24, 2.45) is 5.92 Å². The van der Waals surface area contributed by atoms with Crippen LogP contribution >= 0.6 is 0 Å². The van der Waals surface area contributed by atoms with Gasteiger partial charge in [0.05, 0.1) is 0 Å². The summed E-state index contributed by atoms with van der Waals surface area (Å²) in [6, 6.07) is 1.15. The van der Waals surface area contributed by atoms with Gasteiger partial charge in [0.1, 0.15) is 10.7 Å². The first-order valence-electron chi connectivity index (χ1n) is 7.09. The van der Waals surface area contributed by atoms with E-state index in [2.05, 4.69) is 0 Å². The van der Waals surface area contributed by atoms with Crippen molar-refractivity contribution in [3.63, 3.8) is 0 Å². The fourth-order valence-electron chi connectivity index (χ4n) is 2.20. The van der Waals surface area contributed by atoms with Crippen molar-refractivity contribution in [3.8, 4) is 0 Å². The maximum absolute atomic E-state index is 12.8. The van der Waals surface area contributed by atoms with Crippen molar-refractivity contribution in [1.29, 1.82) is 0 Å². The fourth-order valence-corrected chi connectivity index (χ4v) is 4.06. The molecular formula is C14H21NO5S. The summed E-state index contributed by atoms with van der Waals surface area (Å²) in [5, 5.41) is 8.92. The summed E-state index contributed by atoms with van der Waals surface area (Å²) in [5.41, 5.74) is 0. The van der Waals surface area contributed by atoms with Crippen LogP contribution in [0.25, 0.3) is 0 Å². The molecule has 0 spiro atoms. The average molecular weight is 315 g/mol. The van der Waals surface area contributed by atoms with Gasteiger partial charge in [-0.05, 0) is 32.1 Å². The first kappa shape index (κ1) is 16.0. The number of hydrogen-bond acceptors (Lipinski definition) is 4. The van der Waals surface area contributed by atoms with E-state index in [1.165, 1.54) is 11.2 Å². The predicted molar refractivity (Wildman–Crippen MR) is 76.8 cm³/mol. The van der Waals surface area contributed by atoms with Gasteiger partial charge in [-0.15, -0.1) is 0 Å². The number of aromatic carboxylic acids is 1. The highest BCUT2D eigenvalue weighted by atomic mass is 32.2. The number of aryl methyl sites for hydroxylation is 1. The van der Waals surface area contributed by atoms with Gasteiger partial charge in [-0.2, -0.15) is 4.31 Å². The summed E-state index contributed by atoms with van der Waals surface area (Å²) >= 11 is 0. The molecular weight excluding hydrogens is 294 g/mol. The third kappa shape index (κ3) is 3.47. The van der Waals surface area contributed by atoms with Crippen molar-refractivity contribution in [1.82, 2.24) is 4.31 Å². The van der Waals surface area contributed by atoms with Gasteiger partial charge in [-0.1, -0.05) is 13.8 Å². The molecule has 0 aliphatic heterocycles. The van der Waals surface area contributed by atoms with Crippen molar-refractivity contribution < 1.29 is 22.7 Å². The van der Waals surface area contributed by atoms with Crippen molar-refractivity contribution in [2.45, 2.75) is 51.0 Å². The monoisotopic (exact) mass is 315 g/mol. The van der Waals surface area contributed by atoms with E-state index in [-0.39, 0.29) is 22.5 Å². The molecule has 0 atom stereocenters.